The summed E-state index contributed by atoms with van der Waals surface area (Å²) < 4.78 is 25.1. The summed E-state index contributed by atoms with van der Waals surface area (Å²) in [7, 11) is -4.11. The molecule has 0 aliphatic heterocycles. The van der Waals surface area contributed by atoms with E-state index in [1.165, 1.54) is 0 Å². The molecule has 0 saturated heterocycles. The standard InChI is InChI=1S/C43H62O7Si2/c1-41(2,3)51(7,8)49-36-25-21-32(22-26-36)29-38(39(44)47-30-33-17-13-11-14-18-33)43(46,40(45)48-31-34-19-15-12-16-20-34)35-23-27-37(28-24-35)50-52(9,10)42(4,5)6/h11-22,25-26,35,37-38,46H,23-24,27-31H2,1-10H3. The van der Waals surface area contributed by atoms with Crippen LogP contribution < -0.4 is 4.43 Å². The van der Waals surface area contributed by atoms with Crippen molar-refractivity contribution in [2.45, 2.75) is 135 Å². The minimum absolute atomic E-state index is 0.0168. The molecule has 0 heterocycles. The summed E-state index contributed by atoms with van der Waals surface area (Å²) in [5.74, 6) is -2.43. The maximum absolute atomic E-state index is 14.4. The second-order valence-electron chi connectivity index (χ2n) is 17.6. The third-order valence-corrected chi connectivity index (χ3v) is 20.6. The molecule has 1 aliphatic carbocycles. The van der Waals surface area contributed by atoms with Gasteiger partial charge in [0.25, 0.3) is 0 Å². The summed E-state index contributed by atoms with van der Waals surface area (Å²) in [5, 5.41) is 13.0. The zero-order valence-corrected chi connectivity index (χ0v) is 35.2. The lowest BCUT2D eigenvalue weighted by Crippen LogP contribution is -2.57. The lowest BCUT2D eigenvalue weighted by molar-refractivity contribution is -0.194. The van der Waals surface area contributed by atoms with Gasteiger partial charge in [-0.3, -0.25) is 4.79 Å². The van der Waals surface area contributed by atoms with Crippen LogP contribution in [-0.4, -0.2) is 45.4 Å². The summed E-state index contributed by atoms with van der Waals surface area (Å²) in [6.07, 6.45) is 2.49. The van der Waals surface area contributed by atoms with Crippen LogP contribution in [0.25, 0.3) is 0 Å². The number of hydrogen-bond donors (Lipinski definition) is 1. The fraction of sp³-hybridized carbons (Fsp3) is 0.535. The number of ether oxygens (including phenoxy) is 2. The monoisotopic (exact) mass is 746 g/mol. The first kappa shape index (κ1) is 41.5. The Morgan fingerprint density at radius 1 is 0.673 bits per heavy atom. The van der Waals surface area contributed by atoms with E-state index in [9.17, 15) is 14.7 Å². The Balaban J connectivity index is 1.67. The minimum Gasteiger partial charge on any atom is -0.544 e. The Labute approximate surface area is 314 Å². The van der Waals surface area contributed by atoms with Crippen molar-refractivity contribution in [2.75, 3.05) is 0 Å². The molecule has 0 amide bonds. The molecular weight excluding hydrogens is 685 g/mol. The molecule has 7 nitrogen and oxygen atoms in total. The van der Waals surface area contributed by atoms with Gasteiger partial charge in [-0.1, -0.05) is 114 Å². The zero-order valence-electron chi connectivity index (χ0n) is 33.2. The van der Waals surface area contributed by atoms with Gasteiger partial charge in [-0.2, -0.15) is 0 Å². The van der Waals surface area contributed by atoms with Gasteiger partial charge in [0, 0.05) is 6.10 Å². The maximum Gasteiger partial charge on any atom is 0.339 e. The van der Waals surface area contributed by atoms with Crippen LogP contribution in [-0.2, 0) is 43.1 Å². The van der Waals surface area contributed by atoms with Gasteiger partial charge in [0.1, 0.15) is 24.9 Å². The number of carbonyl (C=O) groups is 2. The molecule has 4 rings (SSSR count). The molecule has 0 bridgehead atoms. The number of hydrogen-bond acceptors (Lipinski definition) is 7. The second-order valence-corrected chi connectivity index (χ2v) is 27.1. The average molecular weight is 747 g/mol. The Hall–Kier alpha value is -3.25. The number of benzene rings is 3. The number of carbonyl (C=O) groups excluding carboxylic acids is 2. The van der Waals surface area contributed by atoms with Crippen LogP contribution in [0.3, 0.4) is 0 Å². The first-order valence-electron chi connectivity index (χ1n) is 18.8. The first-order valence-corrected chi connectivity index (χ1v) is 24.6. The van der Waals surface area contributed by atoms with Crippen LogP contribution in [0.15, 0.2) is 84.9 Å². The van der Waals surface area contributed by atoms with Crippen LogP contribution >= 0.6 is 0 Å². The first-order chi connectivity index (χ1) is 24.2. The molecular formula is C43H62O7Si2. The van der Waals surface area contributed by atoms with Gasteiger partial charge in [-0.15, -0.1) is 0 Å². The highest BCUT2D eigenvalue weighted by molar-refractivity contribution is 6.75. The highest BCUT2D eigenvalue weighted by Gasteiger charge is 2.56. The molecule has 0 radical (unpaired) electrons. The molecule has 1 fully saturated rings. The molecule has 2 atom stereocenters. The van der Waals surface area contributed by atoms with E-state index >= 15 is 0 Å². The highest BCUT2D eigenvalue weighted by atomic mass is 28.4. The van der Waals surface area contributed by atoms with E-state index in [1.807, 2.05) is 84.9 Å². The molecule has 9 heteroatoms. The van der Waals surface area contributed by atoms with E-state index in [0.717, 1.165) is 22.4 Å². The topological polar surface area (TPSA) is 91.3 Å². The quantitative estimate of drug-likeness (QED) is 0.130. The molecule has 2 unspecified atom stereocenters. The molecule has 284 valence electrons. The summed E-state index contributed by atoms with van der Waals surface area (Å²) in [6.45, 7) is 22.2. The third kappa shape index (κ3) is 10.5. The van der Waals surface area contributed by atoms with Crippen molar-refractivity contribution in [3.63, 3.8) is 0 Å². The normalized spacial score (nSPS) is 18.9. The Kier molecular flexibility index (Phi) is 13.4. The van der Waals surface area contributed by atoms with Crippen LogP contribution in [0.1, 0.15) is 83.9 Å². The van der Waals surface area contributed by atoms with Gasteiger partial charge in [0.05, 0.1) is 0 Å². The van der Waals surface area contributed by atoms with E-state index < -0.39 is 46.0 Å². The van der Waals surface area contributed by atoms with Crippen molar-refractivity contribution >= 4 is 28.6 Å². The molecule has 1 saturated carbocycles. The van der Waals surface area contributed by atoms with E-state index in [-0.39, 0.29) is 35.8 Å². The predicted octanol–water partition coefficient (Wildman–Crippen LogP) is 10.0. The minimum atomic E-state index is -2.14. The van der Waals surface area contributed by atoms with Crippen molar-refractivity contribution in [3.8, 4) is 5.75 Å². The summed E-state index contributed by atoms with van der Waals surface area (Å²) in [5.41, 5.74) is 0.264. The van der Waals surface area contributed by atoms with Crippen LogP contribution in [0.4, 0.5) is 0 Å². The largest absolute Gasteiger partial charge is 0.544 e. The van der Waals surface area contributed by atoms with Crippen molar-refractivity contribution in [2.24, 2.45) is 11.8 Å². The second kappa shape index (κ2) is 16.8. The highest BCUT2D eigenvalue weighted by Crippen LogP contribution is 2.44. The van der Waals surface area contributed by atoms with Gasteiger partial charge in [-0.25, -0.2) is 4.79 Å². The van der Waals surface area contributed by atoms with E-state index in [2.05, 4.69) is 67.7 Å². The van der Waals surface area contributed by atoms with Crippen LogP contribution in [0, 0.1) is 11.8 Å². The maximum atomic E-state index is 14.4. The molecule has 52 heavy (non-hydrogen) atoms. The Morgan fingerprint density at radius 3 is 1.63 bits per heavy atom. The Bertz CT molecular complexity index is 1590. The summed E-state index contributed by atoms with van der Waals surface area (Å²) in [4.78, 5) is 28.7. The van der Waals surface area contributed by atoms with Crippen LogP contribution in [0.2, 0.25) is 36.3 Å². The predicted molar refractivity (Wildman–Crippen MR) is 213 cm³/mol. The van der Waals surface area contributed by atoms with Crippen LogP contribution in [0.5, 0.6) is 5.75 Å². The summed E-state index contributed by atoms with van der Waals surface area (Å²) in [6, 6.07) is 26.5. The van der Waals surface area contributed by atoms with Gasteiger partial charge in [0.2, 0.25) is 8.32 Å². The molecule has 1 aliphatic rings. The van der Waals surface area contributed by atoms with Gasteiger partial charge in [0.15, 0.2) is 13.9 Å². The zero-order chi connectivity index (χ0) is 38.4. The van der Waals surface area contributed by atoms with Crippen molar-refractivity contribution in [1.29, 1.82) is 0 Å². The Morgan fingerprint density at radius 2 is 1.15 bits per heavy atom. The number of aliphatic hydroxyl groups is 1. The molecule has 0 spiro atoms. The smallest absolute Gasteiger partial charge is 0.339 e. The lowest BCUT2D eigenvalue weighted by atomic mass is 9.68. The van der Waals surface area contributed by atoms with E-state index in [0.29, 0.717) is 25.7 Å². The SMILES string of the molecule is CC(C)(C)[Si](C)(C)Oc1ccc(CC(C(=O)OCc2ccccc2)C(O)(C(=O)OCc2ccccc2)C2CCC(O[Si](C)(C)C(C)(C)C)CC2)cc1. The number of esters is 2. The summed E-state index contributed by atoms with van der Waals surface area (Å²) >= 11 is 0. The molecule has 0 aromatic heterocycles. The lowest BCUT2D eigenvalue weighted by Gasteiger charge is -2.45. The molecule has 3 aromatic carbocycles. The number of rotatable bonds is 14. The van der Waals surface area contributed by atoms with Crippen molar-refractivity contribution in [3.05, 3.63) is 102 Å². The molecule has 1 N–H and O–H groups in total. The fourth-order valence-electron chi connectivity index (χ4n) is 6.27. The van der Waals surface area contributed by atoms with Crippen molar-refractivity contribution in [1.82, 2.24) is 0 Å². The van der Waals surface area contributed by atoms with Crippen molar-refractivity contribution < 1.29 is 33.0 Å². The third-order valence-electron chi connectivity index (χ3n) is 11.7. The average Bonchev–Trinajstić information content (AvgIpc) is 3.09. The van der Waals surface area contributed by atoms with Gasteiger partial charge >= 0.3 is 11.9 Å². The van der Waals surface area contributed by atoms with Gasteiger partial charge in [-0.05, 0) is 103 Å². The van der Waals surface area contributed by atoms with Gasteiger partial charge < -0.3 is 23.4 Å². The molecule has 3 aromatic rings. The van der Waals surface area contributed by atoms with E-state index in [1.54, 1.807) is 0 Å². The van der Waals surface area contributed by atoms with E-state index in [4.69, 9.17) is 18.3 Å². The fourth-order valence-corrected chi connectivity index (χ4v) is 8.73.